The number of nitrogens with zero attached hydrogens (tertiary/aromatic N) is 2. The van der Waals surface area contributed by atoms with E-state index in [-0.39, 0.29) is 5.75 Å². The van der Waals surface area contributed by atoms with E-state index in [0.29, 0.717) is 13.0 Å². The Balaban J connectivity index is 2.25. The Hall–Kier alpha value is -2.18. The maximum Gasteiger partial charge on any atom is 0.265 e. The van der Waals surface area contributed by atoms with Gasteiger partial charge in [0.2, 0.25) is 0 Å². The summed E-state index contributed by atoms with van der Waals surface area (Å²) < 4.78 is 32.9. The van der Waals surface area contributed by atoms with E-state index < -0.39 is 10.1 Å². The molecule has 0 saturated heterocycles. The van der Waals surface area contributed by atoms with Gasteiger partial charge in [-0.2, -0.15) is 8.42 Å². The minimum atomic E-state index is -3.92. The second kappa shape index (κ2) is 15.7. The van der Waals surface area contributed by atoms with Gasteiger partial charge in [-0.3, -0.25) is 4.55 Å². The predicted molar refractivity (Wildman–Crippen MR) is 142 cm³/mol. The second-order valence-electron chi connectivity index (χ2n) is 9.01. The van der Waals surface area contributed by atoms with Gasteiger partial charge in [0.05, 0.1) is 5.75 Å². The van der Waals surface area contributed by atoms with Crippen molar-refractivity contribution in [3.63, 3.8) is 0 Å². The van der Waals surface area contributed by atoms with E-state index in [2.05, 4.69) is 61.2 Å². The van der Waals surface area contributed by atoms with Gasteiger partial charge in [0.25, 0.3) is 10.1 Å². The molecule has 0 fully saturated rings. The fourth-order valence-electron chi connectivity index (χ4n) is 4.08. The molecule has 0 atom stereocenters. The number of benzene rings is 1. The highest BCUT2D eigenvalue weighted by Gasteiger charge is 2.14. The average Bonchev–Trinajstić information content (AvgIpc) is 2.82. The van der Waals surface area contributed by atoms with Gasteiger partial charge < -0.3 is 4.90 Å². The second-order valence-corrected chi connectivity index (χ2v) is 10.6. The zero-order chi connectivity index (χ0) is 24.7. The zero-order valence-electron chi connectivity index (χ0n) is 21.0. The Morgan fingerprint density at radius 2 is 1.44 bits per heavy atom. The number of hydrogen-bond donors (Lipinski definition) is 1. The number of unbranched alkanes of at least 4 members (excludes halogenated alkanes) is 6. The monoisotopic (exact) mass is 487 g/mol. The van der Waals surface area contributed by atoms with Crippen molar-refractivity contribution >= 4 is 21.9 Å². The molecule has 5 nitrogen and oxygen atoms in total. The van der Waals surface area contributed by atoms with Gasteiger partial charge in [-0.05, 0) is 24.5 Å². The molecule has 1 N–H and O–H groups in total. The molecule has 0 unspecified atom stereocenters. The SMILES string of the molecule is CCCCCCN(CCCCCC)C(=Cc1ccccc1)c1cc[n+](CCCS(=O)(=O)O)cc1. The first-order valence-electron chi connectivity index (χ1n) is 12.9. The van der Waals surface area contributed by atoms with E-state index in [0.717, 1.165) is 13.1 Å². The van der Waals surface area contributed by atoms with Crippen molar-refractivity contribution < 1.29 is 17.5 Å². The van der Waals surface area contributed by atoms with Crippen molar-refractivity contribution in [1.29, 1.82) is 0 Å². The standard InChI is InChI=1S/C28H42N2O3S/c1-3-5-7-12-20-30(21-13-8-6-4-2)28(25-26-15-10-9-11-16-26)27-17-22-29(23-18-27)19-14-24-34(31,32)33/h9-11,15-18,22-23,25H,3-8,12-14,19-21,24H2,1-2H3/p+1. The third kappa shape index (κ3) is 11.3. The summed E-state index contributed by atoms with van der Waals surface area (Å²) in [4.78, 5) is 2.55. The highest BCUT2D eigenvalue weighted by atomic mass is 32.2. The van der Waals surface area contributed by atoms with Crippen LogP contribution in [0.15, 0.2) is 54.9 Å². The summed E-state index contributed by atoms with van der Waals surface area (Å²) >= 11 is 0. The number of aromatic nitrogens is 1. The minimum absolute atomic E-state index is 0.218. The van der Waals surface area contributed by atoms with Crippen LogP contribution in [0, 0.1) is 0 Å². The molecule has 1 aromatic heterocycles. The molecule has 0 saturated carbocycles. The first-order valence-corrected chi connectivity index (χ1v) is 14.5. The van der Waals surface area contributed by atoms with E-state index in [9.17, 15) is 8.42 Å². The molecular weight excluding hydrogens is 444 g/mol. The average molecular weight is 488 g/mol. The molecule has 0 radical (unpaired) electrons. The molecular formula is C28H43N2O3S+. The number of rotatable bonds is 17. The molecule has 34 heavy (non-hydrogen) atoms. The molecule has 1 aromatic carbocycles. The Kier molecular flexibility index (Phi) is 12.9. The van der Waals surface area contributed by atoms with Gasteiger partial charge in [0.15, 0.2) is 12.4 Å². The van der Waals surface area contributed by atoms with Gasteiger partial charge in [-0.25, -0.2) is 4.57 Å². The fraction of sp³-hybridized carbons (Fsp3) is 0.536. The Morgan fingerprint density at radius 1 is 0.853 bits per heavy atom. The van der Waals surface area contributed by atoms with Crippen LogP contribution in [0.2, 0.25) is 0 Å². The molecule has 2 aromatic rings. The first-order chi connectivity index (χ1) is 16.4. The van der Waals surface area contributed by atoms with Crippen LogP contribution in [0.1, 0.15) is 82.8 Å². The Morgan fingerprint density at radius 3 is 1.97 bits per heavy atom. The molecule has 0 aliphatic rings. The van der Waals surface area contributed by atoms with E-state index in [1.807, 2.05) is 23.0 Å². The van der Waals surface area contributed by atoms with Crippen molar-refractivity contribution in [1.82, 2.24) is 4.90 Å². The molecule has 2 rings (SSSR count). The van der Waals surface area contributed by atoms with Crippen molar-refractivity contribution in [3.05, 3.63) is 66.0 Å². The number of hydrogen-bond acceptors (Lipinski definition) is 3. The third-order valence-corrected chi connectivity index (χ3v) is 6.82. The Bertz CT molecular complexity index is 929. The zero-order valence-corrected chi connectivity index (χ0v) is 21.8. The van der Waals surface area contributed by atoms with Crippen LogP contribution in [-0.2, 0) is 16.7 Å². The molecule has 0 bridgehead atoms. The molecule has 0 spiro atoms. The lowest BCUT2D eigenvalue weighted by Gasteiger charge is -2.28. The van der Waals surface area contributed by atoms with Gasteiger partial charge in [0, 0.05) is 42.9 Å². The van der Waals surface area contributed by atoms with Crippen LogP contribution >= 0.6 is 0 Å². The van der Waals surface area contributed by atoms with Crippen LogP contribution in [0.3, 0.4) is 0 Å². The quantitative estimate of drug-likeness (QED) is 0.164. The van der Waals surface area contributed by atoms with E-state index >= 15 is 0 Å². The van der Waals surface area contributed by atoms with Crippen molar-refractivity contribution in [3.8, 4) is 0 Å². The molecule has 0 aliphatic carbocycles. The van der Waals surface area contributed by atoms with Crippen LogP contribution in [0.4, 0.5) is 0 Å². The molecule has 0 amide bonds. The first kappa shape index (κ1) is 28.1. The molecule has 0 aliphatic heterocycles. The summed E-state index contributed by atoms with van der Waals surface area (Å²) in [6.07, 6.45) is 16.6. The maximum atomic E-state index is 11.0. The summed E-state index contributed by atoms with van der Waals surface area (Å²) in [7, 11) is -3.92. The van der Waals surface area contributed by atoms with Gasteiger partial charge in [-0.15, -0.1) is 0 Å². The lowest BCUT2D eigenvalue weighted by Crippen LogP contribution is -2.34. The predicted octanol–water partition coefficient (Wildman–Crippen LogP) is 6.21. The molecule has 6 heteroatoms. The maximum absolute atomic E-state index is 11.0. The van der Waals surface area contributed by atoms with Crippen LogP contribution in [0.25, 0.3) is 11.8 Å². The van der Waals surface area contributed by atoms with Gasteiger partial charge >= 0.3 is 0 Å². The van der Waals surface area contributed by atoms with Crippen LogP contribution in [0.5, 0.6) is 0 Å². The topological polar surface area (TPSA) is 61.5 Å². The van der Waals surface area contributed by atoms with Crippen molar-refractivity contribution in [2.75, 3.05) is 18.8 Å². The summed E-state index contributed by atoms with van der Waals surface area (Å²) in [5.41, 5.74) is 3.60. The molecule has 188 valence electrons. The van der Waals surface area contributed by atoms with Gasteiger partial charge in [-0.1, -0.05) is 82.7 Å². The van der Waals surface area contributed by atoms with E-state index in [1.165, 1.54) is 68.2 Å². The molecule has 1 heterocycles. The number of pyridine rings is 1. The highest BCUT2D eigenvalue weighted by molar-refractivity contribution is 7.85. The summed E-state index contributed by atoms with van der Waals surface area (Å²) in [5, 5.41) is 0. The third-order valence-electron chi connectivity index (χ3n) is 6.01. The minimum Gasteiger partial charge on any atom is -0.371 e. The summed E-state index contributed by atoms with van der Waals surface area (Å²) in [6, 6.07) is 14.7. The highest BCUT2D eigenvalue weighted by Crippen LogP contribution is 2.24. The normalized spacial score (nSPS) is 12.1. The van der Waals surface area contributed by atoms with E-state index in [1.54, 1.807) is 0 Å². The van der Waals surface area contributed by atoms with Crippen molar-refractivity contribution in [2.45, 2.75) is 78.2 Å². The summed E-state index contributed by atoms with van der Waals surface area (Å²) in [5.74, 6) is -0.218. The van der Waals surface area contributed by atoms with Crippen molar-refractivity contribution in [2.24, 2.45) is 0 Å². The summed E-state index contributed by atoms with van der Waals surface area (Å²) in [6.45, 7) is 7.15. The number of aryl methyl sites for hydroxylation is 1. The lowest BCUT2D eigenvalue weighted by atomic mass is 10.1. The van der Waals surface area contributed by atoms with Gasteiger partial charge in [0.1, 0.15) is 6.54 Å². The Labute approximate surface area is 207 Å². The largest absolute Gasteiger partial charge is 0.371 e. The van der Waals surface area contributed by atoms with Crippen LogP contribution in [-0.4, -0.2) is 36.7 Å². The fourth-order valence-corrected chi connectivity index (χ4v) is 4.58. The smallest absolute Gasteiger partial charge is 0.265 e. The lowest BCUT2D eigenvalue weighted by molar-refractivity contribution is -0.696. The van der Waals surface area contributed by atoms with Crippen LogP contribution < -0.4 is 4.57 Å². The van der Waals surface area contributed by atoms with E-state index in [4.69, 9.17) is 4.55 Å².